The van der Waals surface area contributed by atoms with E-state index in [9.17, 15) is 19.1 Å². The molecule has 1 fully saturated rings. The average molecular weight is 353 g/mol. The highest BCUT2D eigenvalue weighted by atomic mass is 19.1. The number of nitrogens with zero attached hydrogens (tertiary/aromatic N) is 1. The smallest absolute Gasteiger partial charge is 0.295 e. The summed E-state index contributed by atoms with van der Waals surface area (Å²) in [4.78, 5) is 26.7. The molecule has 0 spiro atoms. The van der Waals surface area contributed by atoms with Gasteiger partial charge < -0.3 is 10.0 Å². The van der Waals surface area contributed by atoms with Gasteiger partial charge in [0.15, 0.2) is 0 Å². The number of hydrogen-bond acceptors (Lipinski definition) is 3. The number of likely N-dealkylation sites (tertiary alicyclic amines) is 1. The van der Waals surface area contributed by atoms with Crippen molar-refractivity contribution in [1.29, 1.82) is 0 Å². The van der Waals surface area contributed by atoms with E-state index >= 15 is 0 Å². The van der Waals surface area contributed by atoms with E-state index in [1.165, 1.54) is 29.2 Å². The lowest BCUT2D eigenvalue weighted by Crippen LogP contribution is -2.30. The third-order valence-corrected chi connectivity index (χ3v) is 4.48. The summed E-state index contributed by atoms with van der Waals surface area (Å²) < 4.78 is 13.2. The Labute approximate surface area is 151 Å². The quantitative estimate of drug-likeness (QED) is 0.514. The van der Waals surface area contributed by atoms with Crippen molar-refractivity contribution in [2.24, 2.45) is 0 Å². The largest absolute Gasteiger partial charge is 0.507 e. The lowest BCUT2D eigenvalue weighted by atomic mass is 9.94. The zero-order valence-corrected chi connectivity index (χ0v) is 14.7. The second kappa shape index (κ2) is 7.12. The van der Waals surface area contributed by atoms with Gasteiger partial charge in [0.1, 0.15) is 11.6 Å². The number of ketones is 1. The third kappa shape index (κ3) is 3.12. The molecule has 1 atom stereocenters. The number of rotatable bonds is 4. The molecule has 0 aromatic heterocycles. The molecular weight excluding hydrogens is 333 g/mol. The minimum Gasteiger partial charge on any atom is -0.507 e. The number of aliphatic hydroxyl groups is 1. The number of carbonyl (C=O) groups excluding carboxylic acids is 2. The maximum Gasteiger partial charge on any atom is 0.295 e. The summed E-state index contributed by atoms with van der Waals surface area (Å²) in [6.07, 6.45) is 0.686. The van der Waals surface area contributed by atoms with Gasteiger partial charge in [0.25, 0.3) is 11.7 Å². The summed E-state index contributed by atoms with van der Waals surface area (Å²) in [6.45, 7) is 4.26. The Bertz CT molecular complexity index is 886. The Morgan fingerprint density at radius 2 is 1.85 bits per heavy atom. The summed E-state index contributed by atoms with van der Waals surface area (Å²) >= 11 is 0. The SMILES string of the molecule is CCCN1C(=O)C(=O)/C(=C(\O)c2ccc(F)cc2)C1c1cccc(C)c1. The van der Waals surface area contributed by atoms with Crippen molar-refractivity contribution < 1.29 is 19.1 Å². The van der Waals surface area contributed by atoms with Crippen molar-refractivity contribution in [3.05, 3.63) is 76.6 Å². The van der Waals surface area contributed by atoms with Crippen LogP contribution in [0.5, 0.6) is 0 Å². The average Bonchev–Trinajstić information content (AvgIpc) is 2.87. The van der Waals surface area contributed by atoms with E-state index in [-0.39, 0.29) is 11.3 Å². The normalized spacial score (nSPS) is 19.2. The third-order valence-electron chi connectivity index (χ3n) is 4.48. The number of Topliss-reactive ketones (excluding diaryl/α,β-unsaturated/α-hetero) is 1. The monoisotopic (exact) mass is 353 g/mol. The summed E-state index contributed by atoms with van der Waals surface area (Å²) in [5, 5.41) is 10.7. The molecule has 4 nitrogen and oxygen atoms in total. The zero-order valence-electron chi connectivity index (χ0n) is 14.7. The molecule has 1 saturated heterocycles. The molecule has 0 saturated carbocycles. The minimum absolute atomic E-state index is 0.0423. The van der Waals surface area contributed by atoms with Crippen molar-refractivity contribution in [3.8, 4) is 0 Å². The highest BCUT2D eigenvalue weighted by molar-refractivity contribution is 6.46. The summed E-state index contributed by atoms with van der Waals surface area (Å²) in [6, 6.07) is 12.1. The van der Waals surface area contributed by atoms with Crippen molar-refractivity contribution in [2.45, 2.75) is 26.3 Å². The lowest BCUT2D eigenvalue weighted by Gasteiger charge is -2.25. The van der Waals surface area contributed by atoms with Crippen molar-refractivity contribution in [1.82, 2.24) is 4.90 Å². The standard InChI is InChI=1S/C21H20FNO3/c1-3-11-23-18(15-6-4-5-13(2)12-15)17(20(25)21(23)26)19(24)14-7-9-16(22)10-8-14/h4-10,12,18,24H,3,11H2,1-2H3/b19-17-. The molecule has 1 aliphatic rings. The van der Waals surface area contributed by atoms with Crippen LogP contribution in [0.2, 0.25) is 0 Å². The van der Waals surface area contributed by atoms with E-state index < -0.39 is 23.5 Å². The molecule has 3 rings (SSSR count). The Balaban J connectivity index is 2.19. The van der Waals surface area contributed by atoms with Crippen LogP contribution in [0.1, 0.15) is 36.1 Å². The fourth-order valence-corrected chi connectivity index (χ4v) is 3.30. The molecule has 26 heavy (non-hydrogen) atoms. The second-order valence-electron chi connectivity index (χ2n) is 6.41. The number of hydrogen-bond donors (Lipinski definition) is 1. The first-order valence-corrected chi connectivity index (χ1v) is 8.55. The van der Waals surface area contributed by atoms with Gasteiger partial charge in [0, 0.05) is 12.1 Å². The van der Waals surface area contributed by atoms with Crippen molar-refractivity contribution >= 4 is 17.4 Å². The lowest BCUT2D eigenvalue weighted by molar-refractivity contribution is -0.139. The van der Waals surface area contributed by atoms with Crippen molar-refractivity contribution in [3.63, 3.8) is 0 Å². The number of halogens is 1. The van der Waals surface area contributed by atoms with Gasteiger partial charge in [0.05, 0.1) is 11.6 Å². The molecule has 1 N–H and O–H groups in total. The van der Waals surface area contributed by atoms with E-state index in [2.05, 4.69) is 0 Å². The van der Waals surface area contributed by atoms with Gasteiger partial charge in [0.2, 0.25) is 0 Å². The molecule has 0 aliphatic carbocycles. The fourth-order valence-electron chi connectivity index (χ4n) is 3.30. The second-order valence-corrected chi connectivity index (χ2v) is 6.41. The van der Waals surface area contributed by atoms with E-state index in [1.54, 1.807) is 0 Å². The Morgan fingerprint density at radius 3 is 2.46 bits per heavy atom. The number of amides is 1. The summed E-state index contributed by atoms with van der Waals surface area (Å²) in [7, 11) is 0. The topological polar surface area (TPSA) is 57.6 Å². The van der Waals surface area contributed by atoms with Gasteiger partial charge in [-0.2, -0.15) is 0 Å². The molecule has 5 heteroatoms. The zero-order chi connectivity index (χ0) is 18.8. The first-order valence-electron chi connectivity index (χ1n) is 8.55. The van der Waals surface area contributed by atoms with E-state index in [1.807, 2.05) is 38.1 Å². The molecule has 134 valence electrons. The minimum atomic E-state index is -0.716. The highest BCUT2D eigenvalue weighted by Gasteiger charge is 2.45. The van der Waals surface area contributed by atoms with Gasteiger partial charge >= 0.3 is 0 Å². The van der Waals surface area contributed by atoms with Crippen LogP contribution < -0.4 is 0 Å². The van der Waals surface area contributed by atoms with Crippen LogP contribution >= 0.6 is 0 Å². The van der Waals surface area contributed by atoms with E-state index in [0.29, 0.717) is 18.5 Å². The van der Waals surface area contributed by atoms with Gasteiger partial charge in [-0.15, -0.1) is 0 Å². The number of carbonyl (C=O) groups is 2. The first kappa shape index (κ1) is 17.9. The van der Waals surface area contributed by atoms with Crippen LogP contribution in [-0.2, 0) is 9.59 Å². The molecule has 0 bridgehead atoms. The van der Waals surface area contributed by atoms with Crippen LogP contribution in [0.25, 0.3) is 5.76 Å². The predicted molar refractivity (Wildman–Crippen MR) is 96.9 cm³/mol. The molecule has 0 radical (unpaired) electrons. The maximum atomic E-state index is 13.2. The molecular formula is C21H20FNO3. The fraction of sp³-hybridized carbons (Fsp3) is 0.238. The van der Waals surface area contributed by atoms with Crippen molar-refractivity contribution in [2.75, 3.05) is 6.54 Å². The van der Waals surface area contributed by atoms with Crippen LogP contribution in [0.4, 0.5) is 4.39 Å². The van der Waals surface area contributed by atoms with Gasteiger partial charge in [-0.1, -0.05) is 36.8 Å². The predicted octanol–water partition coefficient (Wildman–Crippen LogP) is 3.97. The number of aliphatic hydroxyl groups excluding tert-OH is 1. The first-order chi connectivity index (χ1) is 12.4. The number of benzene rings is 2. The Morgan fingerprint density at radius 1 is 1.15 bits per heavy atom. The van der Waals surface area contributed by atoms with Gasteiger partial charge in [-0.05, 0) is 43.2 Å². The highest BCUT2D eigenvalue weighted by Crippen LogP contribution is 2.39. The molecule has 1 unspecified atom stereocenters. The van der Waals surface area contributed by atoms with Crippen LogP contribution in [0.3, 0.4) is 0 Å². The van der Waals surface area contributed by atoms with Crippen LogP contribution in [0.15, 0.2) is 54.1 Å². The molecule has 1 aliphatic heterocycles. The van der Waals surface area contributed by atoms with Gasteiger partial charge in [-0.25, -0.2) is 4.39 Å². The summed E-state index contributed by atoms with van der Waals surface area (Å²) in [5.41, 5.74) is 2.10. The van der Waals surface area contributed by atoms with Gasteiger partial charge in [-0.3, -0.25) is 9.59 Å². The molecule has 1 heterocycles. The Kier molecular flexibility index (Phi) is 4.89. The number of aryl methyl sites for hydroxylation is 1. The van der Waals surface area contributed by atoms with Crippen LogP contribution in [-0.4, -0.2) is 28.2 Å². The summed E-state index contributed by atoms with van der Waals surface area (Å²) in [5.74, 6) is -2.06. The van der Waals surface area contributed by atoms with E-state index in [0.717, 1.165) is 11.1 Å². The molecule has 1 amide bonds. The van der Waals surface area contributed by atoms with Crippen LogP contribution in [0, 0.1) is 12.7 Å². The molecule has 2 aromatic carbocycles. The Hall–Kier alpha value is -2.95. The molecule has 2 aromatic rings. The maximum absolute atomic E-state index is 13.2. The van der Waals surface area contributed by atoms with E-state index in [4.69, 9.17) is 0 Å².